The van der Waals surface area contributed by atoms with Crippen molar-refractivity contribution in [2.45, 2.75) is 31.1 Å². The number of nitrogens with one attached hydrogen (secondary N) is 1. The molecule has 0 unspecified atom stereocenters. The Morgan fingerprint density at radius 3 is 2.62 bits per heavy atom. The van der Waals surface area contributed by atoms with E-state index in [1.54, 1.807) is 0 Å². The molecule has 0 amide bonds. The summed E-state index contributed by atoms with van der Waals surface area (Å²) < 4.78 is 38.6. The normalized spacial score (nSPS) is 21.3. The van der Waals surface area contributed by atoms with E-state index < -0.39 is 11.7 Å². The van der Waals surface area contributed by atoms with Gasteiger partial charge in [-0.25, -0.2) is 0 Å². The maximum atomic E-state index is 12.9. The van der Waals surface area contributed by atoms with Gasteiger partial charge >= 0.3 is 6.18 Å². The highest BCUT2D eigenvalue weighted by Crippen LogP contribution is 2.41. The van der Waals surface area contributed by atoms with Gasteiger partial charge in [-0.15, -0.1) is 0 Å². The van der Waals surface area contributed by atoms with Crippen LogP contribution in [0.1, 0.15) is 29.0 Å². The summed E-state index contributed by atoms with van der Waals surface area (Å²) in [4.78, 5) is 3.79. The van der Waals surface area contributed by atoms with Gasteiger partial charge in [0.2, 0.25) is 0 Å². The molecule has 0 saturated heterocycles. The first-order chi connectivity index (χ1) is 10.1. The molecular formula is C16H15F3N2. The first kappa shape index (κ1) is 14.1. The predicted octanol–water partition coefficient (Wildman–Crippen LogP) is 3.75. The zero-order chi connectivity index (χ0) is 14.9. The van der Waals surface area contributed by atoms with Gasteiger partial charge in [-0.05, 0) is 23.6 Å². The third-order valence-electron chi connectivity index (χ3n) is 3.78. The zero-order valence-electron chi connectivity index (χ0n) is 11.3. The molecule has 1 saturated carbocycles. The molecule has 2 nitrogen and oxygen atoms in total. The molecule has 1 heterocycles. The van der Waals surface area contributed by atoms with Crippen LogP contribution >= 0.6 is 0 Å². The summed E-state index contributed by atoms with van der Waals surface area (Å²) in [7, 11) is 0. The monoisotopic (exact) mass is 292 g/mol. The largest absolute Gasteiger partial charge is 0.416 e. The summed E-state index contributed by atoms with van der Waals surface area (Å²) in [6, 6.07) is 11.3. The van der Waals surface area contributed by atoms with E-state index in [2.05, 4.69) is 22.4 Å². The number of hydrogen-bond donors (Lipinski definition) is 1. The molecule has 1 N–H and O–H groups in total. The molecular weight excluding hydrogens is 277 g/mol. The Labute approximate surface area is 121 Å². The second-order valence-corrected chi connectivity index (χ2v) is 5.27. The fourth-order valence-electron chi connectivity index (χ4n) is 2.57. The standard InChI is InChI=1S/C16H15F3N2/c17-16(18,19)14-6-7-20-9-12(14)10-21-15-8-13(15)11-4-2-1-3-5-11/h1-7,9,13,15,21H,8,10H2/t13-,15+/m0/s1. The van der Waals surface area contributed by atoms with E-state index >= 15 is 0 Å². The van der Waals surface area contributed by atoms with Crippen molar-refractivity contribution < 1.29 is 13.2 Å². The van der Waals surface area contributed by atoms with Gasteiger partial charge in [-0.1, -0.05) is 30.3 Å². The Morgan fingerprint density at radius 2 is 1.90 bits per heavy atom. The summed E-state index contributed by atoms with van der Waals surface area (Å²) in [5.74, 6) is 0.400. The van der Waals surface area contributed by atoms with Gasteiger partial charge in [-0.3, -0.25) is 4.98 Å². The van der Waals surface area contributed by atoms with Crippen LogP contribution in [0.25, 0.3) is 0 Å². The van der Waals surface area contributed by atoms with E-state index in [0.717, 1.165) is 12.5 Å². The number of rotatable bonds is 4. The van der Waals surface area contributed by atoms with E-state index in [1.165, 1.54) is 18.0 Å². The quantitative estimate of drug-likeness (QED) is 0.928. The van der Waals surface area contributed by atoms with Crippen LogP contribution in [-0.2, 0) is 12.7 Å². The molecule has 1 fully saturated rings. The van der Waals surface area contributed by atoms with Crippen molar-refractivity contribution in [2.24, 2.45) is 0 Å². The number of hydrogen-bond acceptors (Lipinski definition) is 2. The molecule has 21 heavy (non-hydrogen) atoms. The van der Waals surface area contributed by atoms with Gasteiger partial charge in [0.1, 0.15) is 0 Å². The van der Waals surface area contributed by atoms with Gasteiger partial charge in [-0.2, -0.15) is 13.2 Å². The fourth-order valence-corrected chi connectivity index (χ4v) is 2.57. The van der Waals surface area contributed by atoms with Gasteiger partial charge in [0.05, 0.1) is 5.56 Å². The van der Waals surface area contributed by atoms with Crippen molar-refractivity contribution in [3.8, 4) is 0 Å². The molecule has 1 aromatic carbocycles. The van der Waals surface area contributed by atoms with Crippen LogP contribution in [0.15, 0.2) is 48.8 Å². The predicted molar refractivity (Wildman–Crippen MR) is 73.7 cm³/mol. The van der Waals surface area contributed by atoms with Crippen molar-refractivity contribution in [3.63, 3.8) is 0 Å². The lowest BCUT2D eigenvalue weighted by Gasteiger charge is -2.12. The van der Waals surface area contributed by atoms with Crippen LogP contribution in [0.4, 0.5) is 13.2 Å². The van der Waals surface area contributed by atoms with Crippen molar-refractivity contribution in [1.29, 1.82) is 0 Å². The van der Waals surface area contributed by atoms with Crippen molar-refractivity contribution in [2.75, 3.05) is 0 Å². The molecule has 0 bridgehead atoms. The minimum absolute atomic E-state index is 0.191. The number of halogens is 3. The SMILES string of the molecule is FC(F)(F)c1ccncc1CN[C@@H]1C[C@H]1c1ccccc1. The molecule has 3 rings (SSSR count). The van der Waals surface area contributed by atoms with Crippen molar-refractivity contribution in [1.82, 2.24) is 10.3 Å². The maximum Gasteiger partial charge on any atom is 0.416 e. The number of alkyl halides is 3. The first-order valence-electron chi connectivity index (χ1n) is 6.84. The van der Waals surface area contributed by atoms with E-state index in [-0.39, 0.29) is 18.2 Å². The van der Waals surface area contributed by atoms with Crippen LogP contribution in [0.2, 0.25) is 0 Å². The van der Waals surface area contributed by atoms with Crippen LogP contribution < -0.4 is 5.32 Å². The Hall–Kier alpha value is -1.88. The molecule has 0 aliphatic heterocycles. The molecule has 1 aliphatic carbocycles. The average molecular weight is 292 g/mol. The highest BCUT2D eigenvalue weighted by molar-refractivity contribution is 5.29. The third kappa shape index (κ3) is 3.24. The lowest BCUT2D eigenvalue weighted by Crippen LogP contribution is -2.20. The highest BCUT2D eigenvalue weighted by atomic mass is 19.4. The third-order valence-corrected chi connectivity index (χ3v) is 3.78. The minimum Gasteiger partial charge on any atom is -0.309 e. The summed E-state index contributed by atoms with van der Waals surface area (Å²) >= 11 is 0. The van der Waals surface area contributed by atoms with Crippen LogP contribution in [0.5, 0.6) is 0 Å². The molecule has 5 heteroatoms. The smallest absolute Gasteiger partial charge is 0.309 e. The minimum atomic E-state index is -4.33. The molecule has 0 spiro atoms. The Balaban J connectivity index is 1.63. The highest BCUT2D eigenvalue weighted by Gasteiger charge is 2.38. The van der Waals surface area contributed by atoms with Crippen LogP contribution in [0.3, 0.4) is 0 Å². The van der Waals surface area contributed by atoms with Crippen molar-refractivity contribution >= 4 is 0 Å². The first-order valence-corrected chi connectivity index (χ1v) is 6.84. The molecule has 110 valence electrons. The Kier molecular flexibility index (Phi) is 3.68. The lowest BCUT2D eigenvalue weighted by molar-refractivity contribution is -0.138. The maximum absolute atomic E-state index is 12.9. The van der Waals surface area contributed by atoms with E-state index in [9.17, 15) is 13.2 Å². The Morgan fingerprint density at radius 1 is 1.14 bits per heavy atom. The van der Waals surface area contributed by atoms with Crippen molar-refractivity contribution in [3.05, 3.63) is 65.5 Å². The molecule has 1 aromatic heterocycles. The molecule has 2 atom stereocenters. The molecule has 1 aliphatic rings. The number of aromatic nitrogens is 1. The van der Waals surface area contributed by atoms with Gasteiger partial charge in [0, 0.05) is 30.9 Å². The zero-order valence-corrected chi connectivity index (χ0v) is 11.3. The average Bonchev–Trinajstić information content (AvgIpc) is 3.25. The van der Waals surface area contributed by atoms with Crippen LogP contribution in [-0.4, -0.2) is 11.0 Å². The number of pyridine rings is 1. The molecule has 2 aromatic rings. The summed E-state index contributed by atoms with van der Waals surface area (Å²) in [6.07, 6.45) is -0.903. The van der Waals surface area contributed by atoms with Gasteiger partial charge in [0.25, 0.3) is 0 Å². The lowest BCUT2D eigenvalue weighted by atomic mass is 10.1. The fraction of sp³-hybridized carbons (Fsp3) is 0.312. The summed E-state index contributed by atoms with van der Waals surface area (Å²) in [5.41, 5.74) is 0.822. The second-order valence-electron chi connectivity index (χ2n) is 5.27. The van der Waals surface area contributed by atoms with E-state index in [1.807, 2.05) is 18.2 Å². The second kappa shape index (κ2) is 5.48. The van der Waals surface area contributed by atoms with Gasteiger partial charge in [0.15, 0.2) is 0 Å². The number of nitrogens with zero attached hydrogens (tertiary/aromatic N) is 1. The van der Waals surface area contributed by atoms with Gasteiger partial charge < -0.3 is 5.32 Å². The van der Waals surface area contributed by atoms with Crippen LogP contribution in [0, 0.1) is 0 Å². The number of benzene rings is 1. The summed E-state index contributed by atoms with van der Waals surface area (Å²) in [5, 5.41) is 3.19. The Bertz CT molecular complexity index is 610. The van der Waals surface area contributed by atoms with E-state index in [4.69, 9.17) is 0 Å². The summed E-state index contributed by atoms with van der Waals surface area (Å²) in [6.45, 7) is 0.191. The topological polar surface area (TPSA) is 24.9 Å². The van der Waals surface area contributed by atoms with E-state index in [0.29, 0.717) is 5.92 Å². The molecule has 0 radical (unpaired) electrons.